The van der Waals surface area contributed by atoms with Crippen LogP contribution in [0.1, 0.15) is 105 Å². The second-order valence-electron chi connectivity index (χ2n) is 12.2. The summed E-state index contributed by atoms with van der Waals surface area (Å²) in [6.07, 6.45) is 17.2. The zero-order valence-corrected chi connectivity index (χ0v) is 21.5. The molecule has 0 amide bonds. The Kier molecular flexibility index (Phi) is 7.33. The second kappa shape index (κ2) is 8.94. The Bertz CT molecular complexity index is 597. The smallest absolute Gasteiger partial charge is 0.0577 e. The third kappa shape index (κ3) is 4.14. The summed E-state index contributed by atoms with van der Waals surface area (Å²) >= 11 is 0. The molecule has 0 heterocycles. The fourth-order valence-electron chi connectivity index (χ4n) is 8.67. The minimum absolute atomic E-state index is 0. The van der Waals surface area contributed by atoms with Gasteiger partial charge in [0.2, 0.25) is 0 Å². The Morgan fingerprint density at radius 3 is 2.48 bits per heavy atom. The highest BCUT2D eigenvalue weighted by molar-refractivity contribution is 6.92. The van der Waals surface area contributed by atoms with Crippen molar-refractivity contribution in [2.24, 2.45) is 46.3 Å². The molecule has 0 aliphatic heterocycles. The Morgan fingerprint density at radius 2 is 1.76 bits per heavy atom. The normalized spacial score (nSPS) is 44.9. The predicted octanol–water partition coefficient (Wildman–Crippen LogP) is 7.45. The molecule has 0 saturated heterocycles. The highest BCUT2D eigenvalue weighted by Crippen LogP contribution is 2.67. The molecule has 0 spiro atoms. The van der Waals surface area contributed by atoms with Gasteiger partial charge in [-0.2, -0.15) is 9.90 Å². The zero-order valence-electron chi connectivity index (χ0n) is 20.1. The molecular weight excluding hydrogens is 371 g/mol. The lowest BCUT2D eigenvalue weighted by molar-refractivity contribution is -0.0573. The van der Waals surface area contributed by atoms with Gasteiger partial charge in [0.1, 0.15) is 0 Å². The average molecular weight is 421 g/mol. The molecule has 29 heavy (non-hydrogen) atoms. The second-order valence-corrected chi connectivity index (χ2v) is 12.2. The summed E-state index contributed by atoms with van der Waals surface area (Å²) in [6.45, 7) is 12.6. The third-order valence-corrected chi connectivity index (χ3v) is 10.3. The van der Waals surface area contributed by atoms with E-state index in [1.165, 1.54) is 57.8 Å². The highest BCUT2D eigenvalue weighted by atomic mass is 31.0. The van der Waals surface area contributed by atoms with Crippen LogP contribution >= 0.6 is 9.90 Å². The van der Waals surface area contributed by atoms with E-state index in [0.29, 0.717) is 10.8 Å². The van der Waals surface area contributed by atoms with E-state index in [9.17, 15) is 5.11 Å². The van der Waals surface area contributed by atoms with Crippen LogP contribution in [0.3, 0.4) is 0 Å². The molecule has 1 N–H and O–H groups in total. The number of allylic oxidation sites excluding steroid dienone is 1. The van der Waals surface area contributed by atoms with Crippen molar-refractivity contribution in [2.45, 2.75) is 111 Å². The minimum Gasteiger partial charge on any atom is -0.393 e. The van der Waals surface area contributed by atoms with Gasteiger partial charge in [-0.3, -0.25) is 0 Å². The summed E-state index contributed by atoms with van der Waals surface area (Å²) in [5.41, 5.74) is 2.60. The number of hydrogen-bond donors (Lipinski definition) is 1. The van der Waals surface area contributed by atoms with E-state index in [2.05, 4.69) is 40.7 Å². The quantitative estimate of drug-likeness (QED) is 0.362. The maximum atomic E-state index is 10.2. The van der Waals surface area contributed by atoms with Crippen LogP contribution in [0.2, 0.25) is 0 Å². The third-order valence-electron chi connectivity index (χ3n) is 10.3. The first-order valence-electron chi connectivity index (χ1n) is 12.6. The number of aliphatic hydroxyl groups excluding tert-OH is 1. The van der Waals surface area contributed by atoms with Gasteiger partial charge in [-0.05, 0) is 97.7 Å². The maximum absolute atomic E-state index is 10.2. The minimum atomic E-state index is -0.0766. The van der Waals surface area contributed by atoms with Crippen LogP contribution in [0.5, 0.6) is 0 Å². The summed E-state index contributed by atoms with van der Waals surface area (Å²) < 4.78 is 0. The molecule has 0 aromatic heterocycles. The first-order valence-corrected chi connectivity index (χ1v) is 12.6. The Hall–Kier alpha value is 0.130. The van der Waals surface area contributed by atoms with Gasteiger partial charge in [-0.1, -0.05) is 65.5 Å². The Morgan fingerprint density at radius 1 is 1.00 bits per heavy atom. The van der Waals surface area contributed by atoms with Crippen LogP contribution in [-0.4, -0.2) is 11.2 Å². The lowest BCUT2D eigenvalue weighted by Gasteiger charge is -2.58. The Balaban J connectivity index is 0.00000240. The van der Waals surface area contributed by atoms with Gasteiger partial charge in [0.25, 0.3) is 0 Å². The summed E-state index contributed by atoms with van der Waals surface area (Å²) in [5.74, 6) is 5.46. The molecule has 0 radical (unpaired) electrons. The van der Waals surface area contributed by atoms with Gasteiger partial charge in [0.05, 0.1) is 6.10 Å². The van der Waals surface area contributed by atoms with Gasteiger partial charge in [-0.25, -0.2) is 0 Å². The first kappa shape index (κ1) is 23.8. The van der Waals surface area contributed by atoms with E-state index in [1.807, 2.05) is 0 Å². The van der Waals surface area contributed by atoms with Crippen molar-refractivity contribution >= 4 is 9.90 Å². The summed E-state index contributed by atoms with van der Waals surface area (Å²) in [6, 6.07) is 0. The van der Waals surface area contributed by atoms with Crippen LogP contribution in [-0.2, 0) is 0 Å². The average Bonchev–Trinajstić information content (AvgIpc) is 2.99. The molecule has 4 rings (SSSR count). The van der Waals surface area contributed by atoms with Crippen LogP contribution in [0, 0.1) is 46.3 Å². The fraction of sp³-hybridized carbons (Fsp3) is 0.926. The van der Waals surface area contributed by atoms with Crippen molar-refractivity contribution in [3.8, 4) is 0 Å². The van der Waals surface area contributed by atoms with Crippen LogP contribution < -0.4 is 0 Å². The molecule has 2 heteroatoms. The number of hydrogen-bond acceptors (Lipinski definition) is 1. The van der Waals surface area contributed by atoms with E-state index >= 15 is 0 Å². The Labute approximate surface area is 184 Å². The summed E-state index contributed by atoms with van der Waals surface area (Å²) in [4.78, 5) is 0. The molecule has 0 bridgehead atoms. The maximum Gasteiger partial charge on any atom is 0.0577 e. The monoisotopic (exact) mass is 420 g/mol. The van der Waals surface area contributed by atoms with Crippen molar-refractivity contribution in [3.05, 3.63) is 11.6 Å². The molecule has 4 aliphatic carbocycles. The molecule has 168 valence electrons. The standard InChI is InChI=1S/C27H46O.H3P/c1-18(2)7-6-8-19(3)23-11-12-24-22-10-9-20-17-21(28)13-15-26(20,4)25(22)14-16-27(23,24)5;/h9,18-19,21-25,28H,6-8,10-17H2,1-5H3;1H3/t19-,21+,22+,23-,24+,25+,26+,27-;/m1./s1. The van der Waals surface area contributed by atoms with E-state index in [1.54, 1.807) is 5.57 Å². The van der Waals surface area contributed by atoms with E-state index in [-0.39, 0.29) is 16.0 Å². The summed E-state index contributed by atoms with van der Waals surface area (Å²) in [5, 5.41) is 10.2. The molecule has 0 aromatic rings. The predicted molar refractivity (Wildman–Crippen MR) is 130 cm³/mol. The van der Waals surface area contributed by atoms with E-state index in [0.717, 1.165) is 48.3 Å². The molecular formula is C27H49OP. The van der Waals surface area contributed by atoms with Crippen molar-refractivity contribution in [2.75, 3.05) is 0 Å². The van der Waals surface area contributed by atoms with Crippen LogP contribution in [0.15, 0.2) is 11.6 Å². The molecule has 4 aliphatic rings. The van der Waals surface area contributed by atoms with Crippen molar-refractivity contribution in [1.29, 1.82) is 0 Å². The van der Waals surface area contributed by atoms with Gasteiger partial charge < -0.3 is 5.11 Å². The van der Waals surface area contributed by atoms with Gasteiger partial charge >= 0.3 is 0 Å². The van der Waals surface area contributed by atoms with Gasteiger partial charge in [-0.15, -0.1) is 0 Å². The number of rotatable bonds is 5. The van der Waals surface area contributed by atoms with E-state index < -0.39 is 0 Å². The first-order chi connectivity index (χ1) is 13.3. The zero-order chi connectivity index (χ0) is 20.1. The lowest BCUT2D eigenvalue weighted by atomic mass is 9.47. The topological polar surface area (TPSA) is 20.2 Å². The van der Waals surface area contributed by atoms with Crippen molar-refractivity contribution in [3.63, 3.8) is 0 Å². The van der Waals surface area contributed by atoms with Crippen molar-refractivity contribution < 1.29 is 5.11 Å². The molecule has 1 unspecified atom stereocenters. The number of aliphatic hydroxyl groups is 1. The SMILES string of the molecule is CC(C)CCC[C@@H](C)[C@H]1CC[C@H]2[C@@H]3CC=C4C[C@@H](O)CC[C@]4(C)[C@H]3CC[C@]12C.P. The van der Waals surface area contributed by atoms with Crippen LogP contribution in [0.25, 0.3) is 0 Å². The van der Waals surface area contributed by atoms with Crippen molar-refractivity contribution in [1.82, 2.24) is 0 Å². The lowest BCUT2D eigenvalue weighted by Crippen LogP contribution is -2.50. The van der Waals surface area contributed by atoms with Gasteiger partial charge in [0.15, 0.2) is 0 Å². The fourth-order valence-corrected chi connectivity index (χ4v) is 8.67. The molecule has 1 nitrogen and oxygen atoms in total. The molecule has 3 fully saturated rings. The largest absolute Gasteiger partial charge is 0.393 e. The molecule has 9 atom stereocenters. The van der Waals surface area contributed by atoms with Gasteiger partial charge in [0, 0.05) is 0 Å². The summed E-state index contributed by atoms with van der Waals surface area (Å²) in [7, 11) is 0. The van der Waals surface area contributed by atoms with E-state index in [4.69, 9.17) is 0 Å². The number of fused-ring (bicyclic) bond motifs is 5. The highest BCUT2D eigenvalue weighted by Gasteiger charge is 2.59. The van der Waals surface area contributed by atoms with Crippen LogP contribution in [0.4, 0.5) is 0 Å². The molecule has 3 saturated carbocycles. The molecule has 0 aromatic carbocycles.